The fraction of sp³-hybridized carbons (Fsp3) is 0.429. The molecule has 1 aromatic carbocycles. The maximum Gasteiger partial charge on any atom is 0.245 e. The van der Waals surface area contributed by atoms with Crippen LogP contribution in [-0.2, 0) is 0 Å². The Bertz CT molecular complexity index is 481. The molecule has 21 heavy (non-hydrogen) atoms. The predicted octanol–water partition coefficient (Wildman–Crippen LogP) is 1.34. The SMILES string of the molecule is OC(CNCCCOc1ccccc1)COc1cnsn1. The number of benzene rings is 1. The molecule has 0 aliphatic rings. The van der Waals surface area contributed by atoms with Crippen LogP contribution in [0.1, 0.15) is 6.42 Å². The Morgan fingerprint density at radius 3 is 2.86 bits per heavy atom. The Labute approximate surface area is 128 Å². The van der Waals surface area contributed by atoms with Crippen LogP contribution >= 0.6 is 11.7 Å². The van der Waals surface area contributed by atoms with Gasteiger partial charge in [-0.3, -0.25) is 0 Å². The summed E-state index contributed by atoms with van der Waals surface area (Å²) in [5.41, 5.74) is 0. The van der Waals surface area contributed by atoms with E-state index in [1.165, 1.54) is 6.20 Å². The molecule has 0 radical (unpaired) electrons. The van der Waals surface area contributed by atoms with Crippen LogP contribution < -0.4 is 14.8 Å². The molecular formula is C14H19N3O3S. The van der Waals surface area contributed by atoms with Crippen LogP contribution in [0.4, 0.5) is 0 Å². The lowest BCUT2D eigenvalue weighted by Crippen LogP contribution is -2.32. The molecule has 1 atom stereocenters. The molecule has 0 aliphatic carbocycles. The number of aliphatic hydroxyl groups is 1. The molecule has 114 valence electrons. The number of nitrogens with one attached hydrogen (secondary N) is 1. The van der Waals surface area contributed by atoms with E-state index in [-0.39, 0.29) is 6.61 Å². The highest BCUT2D eigenvalue weighted by molar-refractivity contribution is 6.99. The average Bonchev–Trinajstić information content (AvgIpc) is 3.03. The van der Waals surface area contributed by atoms with Crippen LogP contribution in [0.3, 0.4) is 0 Å². The zero-order chi connectivity index (χ0) is 14.8. The first-order valence-electron chi connectivity index (χ1n) is 6.81. The third kappa shape index (κ3) is 6.52. The zero-order valence-electron chi connectivity index (χ0n) is 11.6. The number of aromatic nitrogens is 2. The average molecular weight is 309 g/mol. The van der Waals surface area contributed by atoms with Gasteiger partial charge in [0, 0.05) is 6.54 Å². The van der Waals surface area contributed by atoms with E-state index in [4.69, 9.17) is 9.47 Å². The maximum absolute atomic E-state index is 9.72. The summed E-state index contributed by atoms with van der Waals surface area (Å²) in [5, 5.41) is 12.9. The summed E-state index contributed by atoms with van der Waals surface area (Å²) in [7, 11) is 0. The largest absolute Gasteiger partial charge is 0.494 e. The monoisotopic (exact) mass is 309 g/mol. The standard InChI is InChI=1S/C14H19N3O3S/c18-12(11-20-14-10-16-21-17-14)9-15-7-4-8-19-13-5-2-1-3-6-13/h1-3,5-6,10,12,15,18H,4,7-9,11H2. The summed E-state index contributed by atoms with van der Waals surface area (Å²) < 4.78 is 18.5. The van der Waals surface area contributed by atoms with Crippen LogP contribution in [0.2, 0.25) is 0 Å². The number of hydrogen-bond acceptors (Lipinski definition) is 7. The van der Waals surface area contributed by atoms with Crippen LogP contribution in [-0.4, -0.2) is 46.3 Å². The topological polar surface area (TPSA) is 76.5 Å². The first kappa shape index (κ1) is 15.7. The summed E-state index contributed by atoms with van der Waals surface area (Å²) in [5.74, 6) is 1.33. The van der Waals surface area contributed by atoms with Crippen LogP contribution in [0.15, 0.2) is 36.5 Å². The Kier molecular flexibility index (Phi) is 6.93. The number of aliphatic hydroxyl groups excluding tert-OH is 1. The van der Waals surface area contributed by atoms with Gasteiger partial charge < -0.3 is 19.9 Å². The summed E-state index contributed by atoms with van der Waals surface area (Å²) >= 11 is 1.08. The Morgan fingerprint density at radius 2 is 2.10 bits per heavy atom. The van der Waals surface area contributed by atoms with E-state index in [0.717, 1.165) is 30.4 Å². The second-order valence-electron chi connectivity index (χ2n) is 4.43. The van der Waals surface area contributed by atoms with Crippen molar-refractivity contribution < 1.29 is 14.6 Å². The van der Waals surface area contributed by atoms with E-state index >= 15 is 0 Å². The van der Waals surface area contributed by atoms with Gasteiger partial charge in [-0.1, -0.05) is 18.2 Å². The molecule has 1 heterocycles. The summed E-state index contributed by atoms with van der Waals surface area (Å²) in [6.07, 6.45) is 1.84. The van der Waals surface area contributed by atoms with Crippen molar-refractivity contribution in [3.05, 3.63) is 36.5 Å². The number of nitrogens with zero attached hydrogens (tertiary/aromatic N) is 2. The molecular weight excluding hydrogens is 290 g/mol. The fourth-order valence-corrected chi connectivity index (χ4v) is 2.00. The molecule has 0 saturated heterocycles. The lowest BCUT2D eigenvalue weighted by molar-refractivity contribution is 0.104. The molecule has 6 nitrogen and oxygen atoms in total. The molecule has 7 heteroatoms. The highest BCUT2D eigenvalue weighted by atomic mass is 32.1. The highest BCUT2D eigenvalue weighted by Gasteiger charge is 2.05. The van der Waals surface area contributed by atoms with Crippen LogP contribution in [0.5, 0.6) is 11.6 Å². The van der Waals surface area contributed by atoms with Crippen molar-refractivity contribution in [2.75, 3.05) is 26.3 Å². The van der Waals surface area contributed by atoms with E-state index in [0.29, 0.717) is 19.0 Å². The second kappa shape index (κ2) is 9.28. The molecule has 2 rings (SSSR count). The van der Waals surface area contributed by atoms with Crippen molar-refractivity contribution in [1.29, 1.82) is 0 Å². The van der Waals surface area contributed by atoms with Crippen LogP contribution in [0.25, 0.3) is 0 Å². The van der Waals surface area contributed by atoms with Crippen molar-refractivity contribution in [2.45, 2.75) is 12.5 Å². The van der Waals surface area contributed by atoms with Crippen molar-refractivity contribution in [3.8, 4) is 11.6 Å². The van der Waals surface area contributed by atoms with Gasteiger partial charge in [0.25, 0.3) is 0 Å². The molecule has 0 amide bonds. The van der Waals surface area contributed by atoms with E-state index in [1.54, 1.807) is 0 Å². The molecule has 2 aromatic rings. The number of para-hydroxylation sites is 1. The van der Waals surface area contributed by atoms with Gasteiger partial charge >= 0.3 is 0 Å². The Morgan fingerprint density at radius 1 is 1.24 bits per heavy atom. The predicted molar refractivity (Wildman–Crippen MR) is 80.8 cm³/mol. The third-order valence-corrected chi connectivity index (χ3v) is 3.12. The smallest absolute Gasteiger partial charge is 0.245 e. The lowest BCUT2D eigenvalue weighted by Gasteiger charge is -2.12. The van der Waals surface area contributed by atoms with Gasteiger partial charge in [-0.2, -0.15) is 4.37 Å². The second-order valence-corrected chi connectivity index (χ2v) is 4.99. The van der Waals surface area contributed by atoms with E-state index in [1.807, 2.05) is 30.3 Å². The van der Waals surface area contributed by atoms with Crippen molar-refractivity contribution in [2.24, 2.45) is 0 Å². The maximum atomic E-state index is 9.72. The molecule has 0 fully saturated rings. The quantitative estimate of drug-likeness (QED) is 0.645. The van der Waals surface area contributed by atoms with Crippen molar-refractivity contribution in [1.82, 2.24) is 14.1 Å². The molecule has 2 N–H and O–H groups in total. The lowest BCUT2D eigenvalue weighted by atomic mass is 10.3. The zero-order valence-corrected chi connectivity index (χ0v) is 12.5. The molecule has 0 bridgehead atoms. The molecule has 0 spiro atoms. The first-order valence-corrected chi connectivity index (χ1v) is 7.54. The summed E-state index contributed by atoms with van der Waals surface area (Å²) in [6.45, 7) is 2.11. The van der Waals surface area contributed by atoms with Gasteiger partial charge in [-0.05, 0) is 25.1 Å². The fourth-order valence-electron chi connectivity index (χ4n) is 1.63. The molecule has 0 saturated carbocycles. The summed E-state index contributed by atoms with van der Waals surface area (Å²) in [4.78, 5) is 0. The minimum atomic E-state index is -0.568. The number of hydrogen-bond donors (Lipinski definition) is 2. The van der Waals surface area contributed by atoms with Gasteiger partial charge in [-0.15, -0.1) is 4.37 Å². The van der Waals surface area contributed by atoms with Gasteiger partial charge in [-0.25, -0.2) is 0 Å². The highest BCUT2D eigenvalue weighted by Crippen LogP contribution is 2.08. The Hall–Kier alpha value is -1.70. The van der Waals surface area contributed by atoms with Gasteiger partial charge in [0.05, 0.1) is 18.3 Å². The van der Waals surface area contributed by atoms with Gasteiger partial charge in [0.1, 0.15) is 24.7 Å². The number of ether oxygens (including phenoxy) is 2. The molecule has 1 aromatic heterocycles. The van der Waals surface area contributed by atoms with Crippen LogP contribution in [0, 0.1) is 0 Å². The third-order valence-electron chi connectivity index (χ3n) is 2.65. The summed E-state index contributed by atoms with van der Waals surface area (Å²) in [6, 6.07) is 9.72. The normalized spacial score (nSPS) is 12.0. The van der Waals surface area contributed by atoms with Crippen molar-refractivity contribution >= 4 is 11.7 Å². The minimum Gasteiger partial charge on any atom is -0.494 e. The number of rotatable bonds is 10. The molecule has 1 unspecified atom stereocenters. The van der Waals surface area contributed by atoms with Gasteiger partial charge in [0.2, 0.25) is 5.88 Å². The van der Waals surface area contributed by atoms with Crippen molar-refractivity contribution in [3.63, 3.8) is 0 Å². The first-order chi connectivity index (χ1) is 10.3. The van der Waals surface area contributed by atoms with E-state index in [9.17, 15) is 5.11 Å². The Balaban J connectivity index is 1.46. The van der Waals surface area contributed by atoms with E-state index < -0.39 is 6.10 Å². The van der Waals surface area contributed by atoms with Gasteiger partial charge in [0.15, 0.2) is 0 Å². The van der Waals surface area contributed by atoms with E-state index in [2.05, 4.69) is 14.1 Å². The molecule has 0 aliphatic heterocycles. The minimum absolute atomic E-state index is 0.207.